The number of para-hydroxylation sites is 1. The van der Waals surface area contributed by atoms with E-state index >= 15 is 0 Å². The number of amides is 1. The lowest BCUT2D eigenvalue weighted by molar-refractivity contribution is -0.137. The standard InChI is InChI=1S/C21H26N2O3/c1-14(2)19-12-17(16-7-3-4-8-18(16)22-19)21(26)23-11-5-6-15(13-23)9-10-20(24)25/h3-4,7-8,12,14-15H,5-6,9-11,13H2,1-2H3,(H,24,25). The van der Waals surface area contributed by atoms with Crippen molar-refractivity contribution in [2.75, 3.05) is 13.1 Å². The number of aromatic nitrogens is 1. The third kappa shape index (κ3) is 4.03. The lowest BCUT2D eigenvalue weighted by atomic mass is 9.92. The first-order valence-corrected chi connectivity index (χ1v) is 9.36. The lowest BCUT2D eigenvalue weighted by Crippen LogP contribution is -2.40. The molecule has 1 N–H and O–H groups in total. The number of carbonyl (C=O) groups excluding carboxylic acids is 1. The molecule has 1 atom stereocenters. The number of carboxylic acid groups (broad SMARTS) is 1. The van der Waals surface area contributed by atoms with Gasteiger partial charge in [-0.15, -0.1) is 0 Å². The van der Waals surface area contributed by atoms with Crippen molar-refractivity contribution in [3.63, 3.8) is 0 Å². The molecule has 1 fully saturated rings. The first-order valence-electron chi connectivity index (χ1n) is 9.36. The van der Waals surface area contributed by atoms with Crippen molar-refractivity contribution in [2.24, 2.45) is 5.92 Å². The monoisotopic (exact) mass is 354 g/mol. The Hall–Kier alpha value is -2.43. The summed E-state index contributed by atoms with van der Waals surface area (Å²) in [6, 6.07) is 9.70. The zero-order chi connectivity index (χ0) is 18.7. The number of fused-ring (bicyclic) bond motifs is 1. The fourth-order valence-corrected chi connectivity index (χ4v) is 3.65. The van der Waals surface area contributed by atoms with Gasteiger partial charge in [0.05, 0.1) is 11.1 Å². The molecule has 0 radical (unpaired) electrons. The lowest BCUT2D eigenvalue weighted by Gasteiger charge is -2.33. The van der Waals surface area contributed by atoms with E-state index in [9.17, 15) is 9.59 Å². The summed E-state index contributed by atoms with van der Waals surface area (Å²) in [5.41, 5.74) is 2.48. The van der Waals surface area contributed by atoms with Crippen LogP contribution in [0.2, 0.25) is 0 Å². The van der Waals surface area contributed by atoms with Crippen LogP contribution in [0.4, 0.5) is 0 Å². The van der Waals surface area contributed by atoms with Crippen molar-refractivity contribution < 1.29 is 14.7 Å². The van der Waals surface area contributed by atoms with Crippen LogP contribution in [0.25, 0.3) is 10.9 Å². The second-order valence-electron chi connectivity index (χ2n) is 7.46. The summed E-state index contributed by atoms with van der Waals surface area (Å²) in [7, 11) is 0. The van der Waals surface area contributed by atoms with Crippen LogP contribution >= 0.6 is 0 Å². The van der Waals surface area contributed by atoms with Crippen LogP contribution in [-0.4, -0.2) is 40.0 Å². The first-order chi connectivity index (χ1) is 12.5. The summed E-state index contributed by atoms with van der Waals surface area (Å²) in [5, 5.41) is 9.79. The maximum absolute atomic E-state index is 13.3. The molecule has 2 heterocycles. The first kappa shape index (κ1) is 18.4. The van der Waals surface area contributed by atoms with Crippen LogP contribution in [0.15, 0.2) is 30.3 Å². The quantitative estimate of drug-likeness (QED) is 0.878. The van der Waals surface area contributed by atoms with Gasteiger partial charge in [-0.25, -0.2) is 0 Å². The highest BCUT2D eigenvalue weighted by atomic mass is 16.4. The summed E-state index contributed by atoms with van der Waals surface area (Å²) in [5.74, 6) is -0.224. The number of pyridine rings is 1. The van der Waals surface area contributed by atoms with Crippen LogP contribution in [0, 0.1) is 5.92 Å². The van der Waals surface area contributed by atoms with Crippen molar-refractivity contribution in [3.8, 4) is 0 Å². The van der Waals surface area contributed by atoms with E-state index in [-0.39, 0.29) is 24.2 Å². The molecule has 0 spiro atoms. The average molecular weight is 354 g/mol. The summed E-state index contributed by atoms with van der Waals surface area (Å²) in [6.07, 6.45) is 2.72. The molecule has 2 aromatic rings. The highest BCUT2D eigenvalue weighted by Crippen LogP contribution is 2.27. The van der Waals surface area contributed by atoms with Crippen molar-refractivity contribution in [3.05, 3.63) is 41.6 Å². The van der Waals surface area contributed by atoms with Gasteiger partial charge in [-0.05, 0) is 43.2 Å². The molecule has 26 heavy (non-hydrogen) atoms. The number of carboxylic acids is 1. The number of nitrogens with zero attached hydrogens (tertiary/aromatic N) is 2. The third-order valence-corrected chi connectivity index (χ3v) is 5.13. The van der Waals surface area contributed by atoms with Crippen LogP contribution < -0.4 is 0 Å². The van der Waals surface area contributed by atoms with Gasteiger partial charge in [-0.1, -0.05) is 32.0 Å². The molecule has 5 nitrogen and oxygen atoms in total. The van der Waals surface area contributed by atoms with Gasteiger partial charge in [0.1, 0.15) is 0 Å². The number of rotatable bonds is 5. The Morgan fingerprint density at radius 3 is 2.81 bits per heavy atom. The molecule has 138 valence electrons. The van der Waals surface area contributed by atoms with Gasteiger partial charge in [0, 0.05) is 30.6 Å². The molecule has 1 amide bonds. The molecule has 0 saturated carbocycles. The Kier molecular flexibility index (Phi) is 5.55. The molecule has 3 rings (SSSR count). The van der Waals surface area contributed by atoms with E-state index in [2.05, 4.69) is 13.8 Å². The smallest absolute Gasteiger partial charge is 0.303 e. The molecule has 1 aliphatic heterocycles. The van der Waals surface area contributed by atoms with Gasteiger partial charge in [0.25, 0.3) is 5.91 Å². The minimum absolute atomic E-state index is 0.0329. The fourth-order valence-electron chi connectivity index (χ4n) is 3.65. The zero-order valence-corrected chi connectivity index (χ0v) is 15.4. The molecule has 1 saturated heterocycles. The van der Waals surface area contributed by atoms with Crippen molar-refractivity contribution in [2.45, 2.75) is 45.4 Å². The number of hydrogen-bond donors (Lipinski definition) is 1. The third-order valence-electron chi connectivity index (χ3n) is 5.13. The normalized spacial score (nSPS) is 17.7. The Morgan fingerprint density at radius 2 is 2.08 bits per heavy atom. The van der Waals surface area contributed by atoms with E-state index in [4.69, 9.17) is 10.1 Å². The zero-order valence-electron chi connectivity index (χ0n) is 15.4. The van der Waals surface area contributed by atoms with Gasteiger partial charge in [0.15, 0.2) is 0 Å². The van der Waals surface area contributed by atoms with Gasteiger partial charge in [-0.2, -0.15) is 0 Å². The number of aliphatic carboxylic acids is 1. The number of likely N-dealkylation sites (tertiary alicyclic amines) is 1. The highest BCUT2D eigenvalue weighted by Gasteiger charge is 2.26. The average Bonchev–Trinajstić information content (AvgIpc) is 2.65. The molecule has 1 aromatic carbocycles. The number of carbonyl (C=O) groups is 2. The predicted octanol–water partition coefficient (Wildman–Crippen LogP) is 4.08. The summed E-state index contributed by atoms with van der Waals surface area (Å²) in [6.45, 7) is 5.53. The number of hydrogen-bond acceptors (Lipinski definition) is 3. The number of piperidine rings is 1. The van der Waals surface area contributed by atoms with E-state index in [1.54, 1.807) is 0 Å². The van der Waals surface area contributed by atoms with Crippen molar-refractivity contribution >= 4 is 22.8 Å². The molecule has 0 aliphatic carbocycles. The SMILES string of the molecule is CC(C)c1cc(C(=O)N2CCCC(CCC(=O)O)C2)c2ccccc2n1. The minimum atomic E-state index is -0.768. The van der Waals surface area contributed by atoms with Gasteiger partial charge < -0.3 is 10.0 Å². The van der Waals surface area contributed by atoms with E-state index in [0.29, 0.717) is 18.5 Å². The predicted molar refractivity (Wildman–Crippen MR) is 101 cm³/mol. The van der Waals surface area contributed by atoms with Crippen LogP contribution in [0.5, 0.6) is 0 Å². The molecular weight excluding hydrogens is 328 g/mol. The Bertz CT molecular complexity index is 816. The second-order valence-corrected chi connectivity index (χ2v) is 7.46. The van der Waals surface area contributed by atoms with E-state index < -0.39 is 5.97 Å². The Balaban J connectivity index is 1.88. The maximum Gasteiger partial charge on any atom is 0.303 e. The Labute approximate surface area is 154 Å². The molecule has 1 unspecified atom stereocenters. The van der Waals surface area contributed by atoms with Gasteiger partial charge >= 0.3 is 5.97 Å². The minimum Gasteiger partial charge on any atom is -0.481 e. The second kappa shape index (κ2) is 7.85. The van der Waals surface area contributed by atoms with E-state index in [1.165, 1.54) is 0 Å². The summed E-state index contributed by atoms with van der Waals surface area (Å²) < 4.78 is 0. The highest BCUT2D eigenvalue weighted by molar-refractivity contribution is 6.06. The largest absolute Gasteiger partial charge is 0.481 e. The van der Waals surface area contributed by atoms with Gasteiger partial charge in [-0.3, -0.25) is 14.6 Å². The molecular formula is C21H26N2O3. The van der Waals surface area contributed by atoms with E-state index in [1.807, 2.05) is 35.2 Å². The summed E-state index contributed by atoms with van der Waals surface area (Å²) >= 11 is 0. The van der Waals surface area contributed by atoms with E-state index in [0.717, 1.165) is 36.0 Å². The maximum atomic E-state index is 13.3. The van der Waals surface area contributed by atoms with Crippen LogP contribution in [-0.2, 0) is 4.79 Å². The molecule has 1 aliphatic rings. The van der Waals surface area contributed by atoms with Crippen molar-refractivity contribution in [1.29, 1.82) is 0 Å². The number of benzene rings is 1. The fraction of sp³-hybridized carbons (Fsp3) is 0.476. The van der Waals surface area contributed by atoms with Crippen LogP contribution in [0.1, 0.15) is 61.5 Å². The van der Waals surface area contributed by atoms with Crippen molar-refractivity contribution in [1.82, 2.24) is 9.88 Å². The molecule has 1 aromatic heterocycles. The Morgan fingerprint density at radius 1 is 1.31 bits per heavy atom. The molecule has 0 bridgehead atoms. The topological polar surface area (TPSA) is 70.5 Å². The van der Waals surface area contributed by atoms with Crippen LogP contribution in [0.3, 0.4) is 0 Å². The summed E-state index contributed by atoms with van der Waals surface area (Å²) in [4.78, 5) is 30.7. The van der Waals surface area contributed by atoms with Gasteiger partial charge in [0.2, 0.25) is 0 Å². The molecule has 5 heteroatoms.